The van der Waals surface area contributed by atoms with Gasteiger partial charge < -0.3 is 5.32 Å². The van der Waals surface area contributed by atoms with Crippen LogP contribution < -0.4 is 5.32 Å². The molecule has 30 heavy (non-hydrogen) atoms. The zero-order valence-corrected chi connectivity index (χ0v) is 17.7. The van der Waals surface area contributed by atoms with Gasteiger partial charge in [-0.25, -0.2) is 17.9 Å². The number of hydrogen-bond donors (Lipinski definition) is 1. The van der Waals surface area contributed by atoms with Crippen molar-refractivity contribution in [3.8, 4) is 0 Å². The zero-order valence-electron chi connectivity index (χ0n) is 16.9. The molecule has 1 N–H and O–H groups in total. The van der Waals surface area contributed by atoms with Crippen molar-refractivity contribution in [2.24, 2.45) is 0 Å². The molecule has 0 atom stereocenters. The van der Waals surface area contributed by atoms with E-state index < -0.39 is 10.0 Å². The summed E-state index contributed by atoms with van der Waals surface area (Å²) in [5.74, 6) is -0.212. The third-order valence-corrected chi connectivity index (χ3v) is 7.15. The van der Waals surface area contributed by atoms with Gasteiger partial charge in [0.2, 0.25) is 10.0 Å². The topological polar surface area (TPSA) is 96.7 Å². The number of carbonyl (C=O) groups is 1. The van der Waals surface area contributed by atoms with E-state index in [2.05, 4.69) is 15.4 Å². The Morgan fingerprint density at radius 1 is 1.17 bits per heavy atom. The van der Waals surface area contributed by atoms with Crippen molar-refractivity contribution in [1.29, 1.82) is 0 Å². The number of sulfonamides is 1. The molecule has 0 saturated carbocycles. The van der Waals surface area contributed by atoms with Gasteiger partial charge in [0.05, 0.1) is 10.6 Å². The van der Waals surface area contributed by atoms with Crippen LogP contribution in [0.2, 0.25) is 0 Å². The number of rotatable bonds is 7. The van der Waals surface area contributed by atoms with Gasteiger partial charge in [0.15, 0.2) is 5.65 Å². The van der Waals surface area contributed by atoms with Crippen molar-refractivity contribution < 1.29 is 13.2 Å². The third-order valence-electron chi connectivity index (χ3n) is 5.24. The zero-order chi connectivity index (χ0) is 21.1. The number of nitrogens with zero attached hydrogens (tertiary/aromatic N) is 4. The van der Waals surface area contributed by atoms with Crippen molar-refractivity contribution >= 4 is 21.6 Å². The lowest BCUT2D eigenvalue weighted by Gasteiger charge is -2.15. The summed E-state index contributed by atoms with van der Waals surface area (Å²) in [5, 5.41) is 7.24. The smallest absolute Gasteiger partial charge is 0.251 e. The van der Waals surface area contributed by atoms with E-state index in [-0.39, 0.29) is 10.8 Å². The van der Waals surface area contributed by atoms with Crippen molar-refractivity contribution in [1.82, 2.24) is 24.2 Å². The molecule has 4 rings (SSSR count). The van der Waals surface area contributed by atoms with E-state index >= 15 is 0 Å². The first-order valence-corrected chi connectivity index (χ1v) is 11.6. The number of benzene rings is 1. The van der Waals surface area contributed by atoms with E-state index in [1.165, 1.54) is 16.4 Å². The van der Waals surface area contributed by atoms with Crippen molar-refractivity contribution in [2.75, 3.05) is 19.6 Å². The number of carbonyl (C=O) groups excluding carboxylic acids is 1. The molecular weight excluding hydrogens is 402 g/mol. The average molecular weight is 428 g/mol. The van der Waals surface area contributed by atoms with Gasteiger partial charge in [-0.1, -0.05) is 0 Å². The van der Waals surface area contributed by atoms with Crippen LogP contribution in [0.4, 0.5) is 0 Å². The number of hydrogen-bond acceptors (Lipinski definition) is 5. The molecule has 1 aromatic carbocycles. The quantitative estimate of drug-likeness (QED) is 0.583. The Hall–Kier alpha value is -2.78. The van der Waals surface area contributed by atoms with E-state index in [0.717, 1.165) is 42.6 Å². The second kappa shape index (κ2) is 8.53. The van der Waals surface area contributed by atoms with Crippen LogP contribution in [0.3, 0.4) is 0 Å². The van der Waals surface area contributed by atoms with Crippen LogP contribution >= 0.6 is 0 Å². The van der Waals surface area contributed by atoms with Gasteiger partial charge in [0, 0.05) is 43.7 Å². The van der Waals surface area contributed by atoms with Gasteiger partial charge in [-0.05, 0) is 62.4 Å². The summed E-state index contributed by atoms with van der Waals surface area (Å²) in [6.07, 6.45) is 7.11. The standard InChI is InChI=1S/C21H25N5O3S/c1-16-13-20-23-14-17(15-26(20)24-16)5-4-10-22-21(27)18-6-8-19(9-7-18)30(28,29)25-11-2-3-12-25/h6-9,13-15H,2-5,10-12H2,1H3,(H,22,27). The Morgan fingerprint density at radius 3 is 2.63 bits per heavy atom. The van der Waals surface area contributed by atoms with Gasteiger partial charge in [-0.2, -0.15) is 9.40 Å². The normalized spacial score (nSPS) is 15.0. The Morgan fingerprint density at radius 2 is 1.90 bits per heavy atom. The molecular formula is C21H25N5O3S. The fourth-order valence-corrected chi connectivity index (χ4v) is 5.13. The molecule has 0 unspecified atom stereocenters. The van der Waals surface area contributed by atoms with Crippen molar-refractivity contribution in [2.45, 2.75) is 37.5 Å². The van der Waals surface area contributed by atoms with Crippen LogP contribution in [0.25, 0.3) is 5.65 Å². The summed E-state index contributed by atoms with van der Waals surface area (Å²) in [5.41, 5.74) is 3.24. The van der Waals surface area contributed by atoms with Crippen LogP contribution in [-0.2, 0) is 16.4 Å². The maximum atomic E-state index is 12.6. The average Bonchev–Trinajstić information content (AvgIpc) is 3.40. The predicted molar refractivity (Wildman–Crippen MR) is 113 cm³/mol. The second-order valence-corrected chi connectivity index (χ2v) is 9.48. The largest absolute Gasteiger partial charge is 0.352 e. The highest BCUT2D eigenvalue weighted by Crippen LogP contribution is 2.21. The molecule has 1 amide bonds. The molecule has 0 aliphatic carbocycles. The number of aromatic nitrogens is 3. The van der Waals surface area contributed by atoms with Crippen LogP contribution in [-0.4, -0.2) is 52.9 Å². The first-order chi connectivity index (χ1) is 14.4. The summed E-state index contributed by atoms with van der Waals surface area (Å²) in [7, 11) is -3.46. The molecule has 1 aliphatic heterocycles. The van der Waals surface area contributed by atoms with Crippen LogP contribution in [0.15, 0.2) is 47.6 Å². The van der Waals surface area contributed by atoms with Crippen molar-refractivity contribution in [3.63, 3.8) is 0 Å². The molecule has 1 aliphatic rings. The number of amides is 1. The van der Waals surface area contributed by atoms with Crippen molar-refractivity contribution in [3.05, 3.63) is 59.5 Å². The number of aryl methyl sites for hydroxylation is 2. The minimum Gasteiger partial charge on any atom is -0.352 e. The molecule has 0 spiro atoms. The van der Waals surface area contributed by atoms with E-state index in [0.29, 0.717) is 25.2 Å². The molecule has 158 valence electrons. The number of fused-ring (bicyclic) bond motifs is 1. The lowest BCUT2D eigenvalue weighted by molar-refractivity contribution is 0.0953. The van der Waals surface area contributed by atoms with Crippen LogP contribution in [0.1, 0.15) is 40.9 Å². The molecule has 3 heterocycles. The van der Waals surface area contributed by atoms with Gasteiger partial charge >= 0.3 is 0 Å². The third kappa shape index (κ3) is 4.36. The van der Waals surface area contributed by atoms with Gasteiger partial charge in [-0.15, -0.1) is 0 Å². The van der Waals surface area contributed by atoms with Gasteiger partial charge in [0.25, 0.3) is 5.91 Å². The molecule has 1 fully saturated rings. The first kappa shape index (κ1) is 20.5. The summed E-state index contributed by atoms with van der Waals surface area (Å²) >= 11 is 0. The lowest BCUT2D eigenvalue weighted by atomic mass is 10.2. The van der Waals surface area contributed by atoms with E-state index in [1.54, 1.807) is 16.6 Å². The molecule has 0 bridgehead atoms. The fourth-order valence-electron chi connectivity index (χ4n) is 3.62. The maximum absolute atomic E-state index is 12.6. The number of nitrogens with one attached hydrogen (secondary N) is 1. The first-order valence-electron chi connectivity index (χ1n) is 10.1. The molecule has 9 heteroatoms. The van der Waals surface area contributed by atoms with Crippen LogP contribution in [0, 0.1) is 6.92 Å². The molecule has 1 saturated heterocycles. The molecule has 0 radical (unpaired) electrons. The minimum atomic E-state index is -3.46. The summed E-state index contributed by atoms with van der Waals surface area (Å²) in [6.45, 7) is 3.57. The SMILES string of the molecule is Cc1cc2ncc(CCCNC(=O)c3ccc(S(=O)(=O)N4CCCC4)cc3)cn2n1. The second-order valence-electron chi connectivity index (χ2n) is 7.55. The minimum absolute atomic E-state index is 0.212. The molecule has 3 aromatic rings. The summed E-state index contributed by atoms with van der Waals surface area (Å²) in [4.78, 5) is 17.0. The van der Waals surface area contributed by atoms with E-state index in [9.17, 15) is 13.2 Å². The summed E-state index contributed by atoms with van der Waals surface area (Å²) < 4.78 is 28.4. The van der Waals surface area contributed by atoms with Gasteiger partial charge in [0.1, 0.15) is 0 Å². The highest BCUT2D eigenvalue weighted by molar-refractivity contribution is 7.89. The van der Waals surface area contributed by atoms with E-state index in [4.69, 9.17) is 0 Å². The Labute approximate surface area is 176 Å². The Balaban J connectivity index is 1.29. The Bertz CT molecular complexity index is 1150. The van der Waals surface area contributed by atoms with E-state index in [1.807, 2.05) is 25.4 Å². The lowest BCUT2D eigenvalue weighted by Crippen LogP contribution is -2.28. The monoisotopic (exact) mass is 427 g/mol. The van der Waals surface area contributed by atoms with Gasteiger partial charge in [-0.3, -0.25) is 4.79 Å². The molecule has 8 nitrogen and oxygen atoms in total. The Kier molecular flexibility index (Phi) is 5.83. The van der Waals surface area contributed by atoms with Crippen LogP contribution in [0.5, 0.6) is 0 Å². The molecule has 2 aromatic heterocycles. The summed E-state index contributed by atoms with van der Waals surface area (Å²) in [6, 6.07) is 8.07. The fraction of sp³-hybridized carbons (Fsp3) is 0.381. The highest BCUT2D eigenvalue weighted by Gasteiger charge is 2.27. The highest BCUT2D eigenvalue weighted by atomic mass is 32.2. The predicted octanol–water partition coefficient (Wildman–Crippen LogP) is 2.18. The maximum Gasteiger partial charge on any atom is 0.251 e.